The molecular formula is C11H10F3N3O. The molecule has 0 atom stereocenters. The van der Waals surface area contributed by atoms with Gasteiger partial charge in [0.05, 0.1) is 12.7 Å². The maximum Gasteiger partial charge on any atom is 0.422 e. The van der Waals surface area contributed by atoms with Gasteiger partial charge < -0.3 is 4.74 Å². The Morgan fingerprint density at radius 3 is 2.67 bits per heavy atom. The van der Waals surface area contributed by atoms with Gasteiger partial charge in [0.1, 0.15) is 5.75 Å². The van der Waals surface area contributed by atoms with Gasteiger partial charge in [0.15, 0.2) is 6.61 Å². The van der Waals surface area contributed by atoms with Crippen molar-refractivity contribution in [3.05, 3.63) is 42.2 Å². The fourth-order valence-electron chi connectivity index (χ4n) is 1.43. The maximum absolute atomic E-state index is 12.1. The smallest absolute Gasteiger partial charge is 0.422 e. The number of ether oxygens (including phenoxy) is 1. The average molecular weight is 257 g/mol. The van der Waals surface area contributed by atoms with E-state index >= 15 is 0 Å². The number of halogens is 3. The highest BCUT2D eigenvalue weighted by Gasteiger charge is 2.28. The lowest BCUT2D eigenvalue weighted by atomic mass is 10.2. The second-order valence-electron chi connectivity index (χ2n) is 3.61. The van der Waals surface area contributed by atoms with Gasteiger partial charge in [-0.2, -0.15) is 13.2 Å². The lowest BCUT2D eigenvalue weighted by Gasteiger charge is -2.12. The molecular weight excluding hydrogens is 247 g/mol. The minimum Gasteiger partial charge on any atom is -0.484 e. The number of benzene rings is 1. The maximum atomic E-state index is 12.1. The van der Waals surface area contributed by atoms with Gasteiger partial charge in [-0.25, -0.2) is 4.68 Å². The summed E-state index contributed by atoms with van der Waals surface area (Å²) in [6.45, 7) is -0.991. The predicted octanol–water partition coefficient (Wildman–Crippen LogP) is 2.27. The summed E-state index contributed by atoms with van der Waals surface area (Å²) in [5.41, 5.74) is 0.618. The topological polar surface area (TPSA) is 39.9 Å². The van der Waals surface area contributed by atoms with Gasteiger partial charge >= 0.3 is 6.18 Å². The molecule has 1 heterocycles. The van der Waals surface area contributed by atoms with Crippen LogP contribution >= 0.6 is 0 Å². The van der Waals surface area contributed by atoms with E-state index in [1.54, 1.807) is 24.4 Å². The van der Waals surface area contributed by atoms with Crippen LogP contribution in [0, 0.1) is 0 Å². The minimum absolute atomic E-state index is 0.199. The highest BCUT2D eigenvalue weighted by molar-refractivity contribution is 5.33. The molecule has 0 aliphatic rings. The number of alkyl halides is 3. The van der Waals surface area contributed by atoms with Crippen molar-refractivity contribution in [2.45, 2.75) is 12.7 Å². The third-order valence-corrected chi connectivity index (χ3v) is 2.17. The molecule has 0 unspecified atom stereocenters. The zero-order valence-corrected chi connectivity index (χ0v) is 9.26. The van der Waals surface area contributed by atoms with Crippen LogP contribution in [0.3, 0.4) is 0 Å². The monoisotopic (exact) mass is 257 g/mol. The van der Waals surface area contributed by atoms with Crippen molar-refractivity contribution in [2.24, 2.45) is 0 Å². The van der Waals surface area contributed by atoms with Gasteiger partial charge in [0.2, 0.25) is 0 Å². The molecule has 0 spiro atoms. The zero-order chi connectivity index (χ0) is 13.0. The summed E-state index contributed by atoms with van der Waals surface area (Å²) in [4.78, 5) is 0. The van der Waals surface area contributed by atoms with Gasteiger partial charge in [-0.1, -0.05) is 23.4 Å². The molecule has 4 nitrogen and oxygen atoms in total. The van der Waals surface area contributed by atoms with Gasteiger partial charge in [-0.3, -0.25) is 0 Å². The molecule has 1 aromatic heterocycles. The Morgan fingerprint density at radius 2 is 2.00 bits per heavy atom. The first-order valence-corrected chi connectivity index (χ1v) is 5.16. The van der Waals surface area contributed by atoms with E-state index in [9.17, 15) is 13.2 Å². The second-order valence-corrected chi connectivity index (χ2v) is 3.61. The molecule has 7 heteroatoms. The molecule has 2 rings (SSSR count). The summed E-state index contributed by atoms with van der Waals surface area (Å²) < 4.78 is 42.6. The quantitative estimate of drug-likeness (QED) is 0.843. The highest BCUT2D eigenvalue weighted by Crippen LogP contribution is 2.22. The fourth-order valence-corrected chi connectivity index (χ4v) is 1.43. The summed E-state index contributed by atoms with van der Waals surface area (Å²) in [5, 5.41) is 7.38. The van der Waals surface area contributed by atoms with Crippen LogP contribution in [0.2, 0.25) is 0 Å². The molecule has 0 saturated heterocycles. The molecule has 0 bridgehead atoms. The van der Waals surface area contributed by atoms with Crippen LogP contribution in [0.1, 0.15) is 5.56 Å². The van der Waals surface area contributed by atoms with Crippen molar-refractivity contribution in [2.75, 3.05) is 6.61 Å². The lowest BCUT2D eigenvalue weighted by Crippen LogP contribution is -2.20. The van der Waals surface area contributed by atoms with Crippen LogP contribution < -0.4 is 4.74 Å². The molecule has 0 aliphatic heterocycles. The first-order valence-electron chi connectivity index (χ1n) is 5.16. The van der Waals surface area contributed by atoms with Crippen LogP contribution in [0.5, 0.6) is 5.75 Å². The Bertz CT molecular complexity index is 496. The summed E-state index contributed by atoms with van der Waals surface area (Å²) in [6.07, 6.45) is -1.22. The lowest BCUT2D eigenvalue weighted by molar-refractivity contribution is -0.153. The van der Waals surface area contributed by atoms with E-state index in [2.05, 4.69) is 10.3 Å². The van der Waals surface area contributed by atoms with Crippen molar-refractivity contribution in [3.63, 3.8) is 0 Å². The van der Waals surface area contributed by atoms with E-state index in [0.29, 0.717) is 12.1 Å². The number of hydrogen-bond acceptors (Lipinski definition) is 3. The Morgan fingerprint density at radius 1 is 1.22 bits per heavy atom. The summed E-state index contributed by atoms with van der Waals surface area (Å²) in [5.74, 6) is 0.199. The molecule has 0 N–H and O–H groups in total. The highest BCUT2D eigenvalue weighted by atomic mass is 19.4. The Kier molecular flexibility index (Phi) is 3.50. The van der Waals surface area contributed by atoms with E-state index in [4.69, 9.17) is 4.74 Å². The molecule has 0 radical (unpaired) electrons. The van der Waals surface area contributed by atoms with Crippen LogP contribution in [-0.2, 0) is 6.54 Å². The molecule has 2 aromatic rings. The van der Waals surface area contributed by atoms with E-state index in [1.807, 2.05) is 0 Å². The summed E-state index contributed by atoms with van der Waals surface area (Å²) in [6, 6.07) is 6.54. The van der Waals surface area contributed by atoms with Crippen LogP contribution in [0.25, 0.3) is 0 Å². The molecule has 0 amide bonds. The van der Waals surface area contributed by atoms with Crippen molar-refractivity contribution >= 4 is 0 Å². The average Bonchev–Trinajstić information content (AvgIpc) is 2.80. The third-order valence-electron chi connectivity index (χ3n) is 2.17. The first-order chi connectivity index (χ1) is 8.54. The second kappa shape index (κ2) is 5.07. The molecule has 1 aromatic carbocycles. The van der Waals surface area contributed by atoms with E-state index in [0.717, 1.165) is 0 Å². The standard InChI is InChI=1S/C11H10F3N3O/c12-11(13,14)8-18-10-4-2-1-3-9(10)7-17-6-5-15-16-17/h1-6H,7-8H2. The van der Waals surface area contributed by atoms with Gasteiger partial charge in [-0.05, 0) is 6.07 Å². The van der Waals surface area contributed by atoms with E-state index in [-0.39, 0.29) is 5.75 Å². The number of aromatic nitrogens is 3. The van der Waals surface area contributed by atoms with E-state index < -0.39 is 12.8 Å². The normalized spacial score (nSPS) is 11.5. The summed E-state index contributed by atoms with van der Waals surface area (Å²) >= 11 is 0. The van der Waals surface area contributed by atoms with Gasteiger partial charge in [-0.15, -0.1) is 5.10 Å². The van der Waals surface area contributed by atoms with Crippen LogP contribution in [0.4, 0.5) is 13.2 Å². The third kappa shape index (κ3) is 3.47. The van der Waals surface area contributed by atoms with Crippen molar-refractivity contribution in [3.8, 4) is 5.75 Å². The molecule has 0 fully saturated rings. The molecule has 18 heavy (non-hydrogen) atoms. The van der Waals surface area contributed by atoms with E-state index in [1.165, 1.54) is 16.9 Å². The Labute approximate surface area is 101 Å². The minimum atomic E-state index is -4.35. The van der Waals surface area contributed by atoms with Gasteiger partial charge in [0, 0.05) is 11.8 Å². The van der Waals surface area contributed by atoms with Crippen LogP contribution in [0.15, 0.2) is 36.7 Å². The van der Waals surface area contributed by atoms with Crippen LogP contribution in [-0.4, -0.2) is 27.8 Å². The molecule has 0 aliphatic carbocycles. The largest absolute Gasteiger partial charge is 0.484 e. The van der Waals surface area contributed by atoms with Gasteiger partial charge in [0.25, 0.3) is 0 Å². The fraction of sp³-hybridized carbons (Fsp3) is 0.273. The molecule has 96 valence electrons. The Balaban J connectivity index is 2.10. The number of hydrogen-bond donors (Lipinski definition) is 0. The number of nitrogens with zero attached hydrogens (tertiary/aromatic N) is 3. The zero-order valence-electron chi connectivity index (χ0n) is 9.26. The summed E-state index contributed by atoms with van der Waals surface area (Å²) in [7, 11) is 0. The SMILES string of the molecule is FC(F)(F)COc1ccccc1Cn1ccnn1. The van der Waals surface area contributed by atoms with Crippen molar-refractivity contribution in [1.82, 2.24) is 15.0 Å². The van der Waals surface area contributed by atoms with Crippen molar-refractivity contribution < 1.29 is 17.9 Å². The number of para-hydroxylation sites is 1. The Hall–Kier alpha value is -2.05. The first kappa shape index (κ1) is 12.4. The predicted molar refractivity (Wildman–Crippen MR) is 57.1 cm³/mol. The number of rotatable bonds is 4. The van der Waals surface area contributed by atoms with Crippen molar-refractivity contribution in [1.29, 1.82) is 0 Å². The molecule has 0 saturated carbocycles.